The van der Waals surface area contributed by atoms with E-state index in [2.05, 4.69) is 6.07 Å². The Morgan fingerprint density at radius 3 is 2.47 bits per heavy atom. The number of likely N-dealkylation sites (tertiary alicyclic amines) is 2. The van der Waals surface area contributed by atoms with Gasteiger partial charge in [0, 0.05) is 30.6 Å². The van der Waals surface area contributed by atoms with Gasteiger partial charge in [0.1, 0.15) is 11.5 Å². The van der Waals surface area contributed by atoms with E-state index in [1.54, 1.807) is 37.3 Å². The fraction of sp³-hybridized carbons (Fsp3) is 0.440. The number of carbonyl (C=O) groups is 2. The van der Waals surface area contributed by atoms with Crippen LogP contribution in [0.25, 0.3) is 0 Å². The van der Waals surface area contributed by atoms with E-state index in [1.807, 2.05) is 23.1 Å². The van der Waals surface area contributed by atoms with Crippen molar-refractivity contribution < 1.29 is 19.1 Å². The molecule has 2 saturated heterocycles. The van der Waals surface area contributed by atoms with E-state index in [0.717, 1.165) is 30.7 Å². The second-order valence-corrected chi connectivity index (χ2v) is 8.81. The van der Waals surface area contributed by atoms with Gasteiger partial charge in [0.05, 0.1) is 25.8 Å². The molecule has 0 aliphatic carbocycles. The summed E-state index contributed by atoms with van der Waals surface area (Å²) < 4.78 is 10.7. The first-order valence-corrected chi connectivity index (χ1v) is 11.5. The average molecular weight is 457 g/mol. The maximum Gasteiger partial charge on any atom is 0.257 e. The maximum absolute atomic E-state index is 13.4. The van der Waals surface area contributed by atoms with Crippen LogP contribution in [0.3, 0.4) is 0 Å². The first-order valence-electron chi connectivity index (χ1n) is 11.1. The third kappa shape index (κ3) is 4.56. The summed E-state index contributed by atoms with van der Waals surface area (Å²) in [5, 5.41) is 0.497. The van der Waals surface area contributed by atoms with Crippen LogP contribution in [0.5, 0.6) is 11.5 Å². The highest BCUT2D eigenvalue weighted by molar-refractivity contribution is 6.31. The summed E-state index contributed by atoms with van der Waals surface area (Å²) in [6.07, 6.45) is 3.29. The van der Waals surface area contributed by atoms with Crippen LogP contribution < -0.4 is 9.47 Å². The molecule has 6 nitrogen and oxygen atoms in total. The monoisotopic (exact) mass is 456 g/mol. The van der Waals surface area contributed by atoms with E-state index in [4.69, 9.17) is 21.1 Å². The highest BCUT2D eigenvalue weighted by Gasteiger charge is 2.36. The van der Waals surface area contributed by atoms with Gasteiger partial charge in [0.15, 0.2) is 0 Å². The molecule has 7 heteroatoms. The van der Waals surface area contributed by atoms with E-state index in [-0.39, 0.29) is 23.8 Å². The molecule has 2 aromatic carbocycles. The SMILES string of the molecule is COc1cccc(C2CCCN2C(=O)C2CCN(C(=O)c3cc(Cl)ccc3OC)CC2)c1. The van der Waals surface area contributed by atoms with Gasteiger partial charge in [-0.1, -0.05) is 23.7 Å². The minimum absolute atomic E-state index is 0.0634. The number of ether oxygens (including phenoxy) is 2. The van der Waals surface area contributed by atoms with Crippen molar-refractivity contribution in [1.82, 2.24) is 9.80 Å². The zero-order valence-corrected chi connectivity index (χ0v) is 19.3. The first kappa shape index (κ1) is 22.5. The summed E-state index contributed by atoms with van der Waals surface area (Å²) in [5.41, 5.74) is 1.58. The van der Waals surface area contributed by atoms with Crippen LogP contribution in [0.4, 0.5) is 0 Å². The molecule has 0 aromatic heterocycles. The Hall–Kier alpha value is -2.73. The van der Waals surface area contributed by atoms with Crippen molar-refractivity contribution in [3.05, 3.63) is 58.6 Å². The molecular weight excluding hydrogens is 428 g/mol. The molecule has 1 atom stereocenters. The molecule has 2 aliphatic heterocycles. The Morgan fingerprint density at radius 1 is 0.969 bits per heavy atom. The van der Waals surface area contributed by atoms with E-state index >= 15 is 0 Å². The average Bonchev–Trinajstić information content (AvgIpc) is 3.33. The van der Waals surface area contributed by atoms with E-state index in [0.29, 0.717) is 42.3 Å². The van der Waals surface area contributed by atoms with Crippen molar-refractivity contribution in [1.29, 1.82) is 0 Å². The van der Waals surface area contributed by atoms with Crippen LogP contribution in [0, 0.1) is 5.92 Å². The lowest BCUT2D eigenvalue weighted by molar-refractivity contribution is -0.137. The second-order valence-electron chi connectivity index (χ2n) is 8.38. The van der Waals surface area contributed by atoms with E-state index in [1.165, 1.54) is 0 Å². The minimum Gasteiger partial charge on any atom is -0.497 e. The molecule has 32 heavy (non-hydrogen) atoms. The molecule has 2 amide bonds. The van der Waals surface area contributed by atoms with Gasteiger partial charge in [-0.05, 0) is 61.6 Å². The largest absolute Gasteiger partial charge is 0.497 e. The summed E-state index contributed by atoms with van der Waals surface area (Å²) in [5.74, 6) is 1.35. The lowest BCUT2D eigenvalue weighted by Gasteiger charge is -2.35. The smallest absolute Gasteiger partial charge is 0.257 e. The third-order valence-electron chi connectivity index (χ3n) is 6.54. The molecule has 2 aromatic rings. The van der Waals surface area contributed by atoms with Gasteiger partial charge in [0.25, 0.3) is 5.91 Å². The Balaban J connectivity index is 1.41. The molecule has 4 rings (SSSR count). The van der Waals surface area contributed by atoms with E-state index < -0.39 is 0 Å². The molecule has 0 N–H and O–H groups in total. The number of piperidine rings is 1. The Labute approximate surface area is 194 Å². The van der Waals surface area contributed by atoms with Crippen LogP contribution in [0.15, 0.2) is 42.5 Å². The van der Waals surface area contributed by atoms with Crippen molar-refractivity contribution in [3.8, 4) is 11.5 Å². The highest BCUT2D eigenvalue weighted by Crippen LogP contribution is 2.36. The normalized spacial score (nSPS) is 19.2. The first-order chi connectivity index (χ1) is 15.5. The highest BCUT2D eigenvalue weighted by atomic mass is 35.5. The molecule has 0 radical (unpaired) electrons. The van der Waals surface area contributed by atoms with Crippen molar-refractivity contribution >= 4 is 23.4 Å². The topological polar surface area (TPSA) is 59.1 Å². The predicted molar refractivity (Wildman–Crippen MR) is 123 cm³/mol. The molecule has 2 fully saturated rings. The number of rotatable bonds is 5. The molecule has 2 aliphatic rings. The van der Waals surface area contributed by atoms with Crippen molar-refractivity contribution in [2.75, 3.05) is 33.9 Å². The molecule has 0 saturated carbocycles. The summed E-state index contributed by atoms with van der Waals surface area (Å²) in [6.45, 7) is 1.87. The fourth-order valence-corrected chi connectivity index (χ4v) is 4.98. The minimum atomic E-state index is -0.106. The van der Waals surface area contributed by atoms with Gasteiger partial charge < -0.3 is 19.3 Å². The number of benzene rings is 2. The Bertz CT molecular complexity index is 988. The summed E-state index contributed by atoms with van der Waals surface area (Å²) in [4.78, 5) is 30.2. The number of amides is 2. The Morgan fingerprint density at radius 2 is 1.75 bits per heavy atom. The van der Waals surface area contributed by atoms with Crippen LogP contribution in [-0.4, -0.2) is 55.5 Å². The maximum atomic E-state index is 13.4. The fourth-order valence-electron chi connectivity index (χ4n) is 4.81. The molecule has 1 unspecified atom stereocenters. The van der Waals surface area contributed by atoms with Gasteiger partial charge in [-0.25, -0.2) is 0 Å². The summed E-state index contributed by atoms with van der Waals surface area (Å²) in [7, 11) is 3.20. The standard InChI is InChI=1S/C25H29ClN2O4/c1-31-20-6-3-5-18(15-20)22-7-4-12-28(22)24(29)17-10-13-27(14-11-17)25(30)21-16-19(26)8-9-23(21)32-2/h3,5-6,8-9,15-17,22H,4,7,10-14H2,1-2H3. The van der Waals surface area contributed by atoms with Crippen molar-refractivity contribution in [2.24, 2.45) is 5.92 Å². The van der Waals surface area contributed by atoms with Gasteiger partial charge in [-0.2, -0.15) is 0 Å². The quantitative estimate of drug-likeness (QED) is 0.661. The van der Waals surface area contributed by atoms with Gasteiger partial charge in [0.2, 0.25) is 5.91 Å². The van der Waals surface area contributed by atoms with E-state index in [9.17, 15) is 9.59 Å². The van der Waals surface area contributed by atoms with Gasteiger partial charge >= 0.3 is 0 Å². The van der Waals surface area contributed by atoms with Gasteiger partial charge in [-0.3, -0.25) is 9.59 Å². The summed E-state index contributed by atoms with van der Waals surface area (Å²) >= 11 is 6.09. The van der Waals surface area contributed by atoms with Crippen LogP contribution in [0.1, 0.15) is 47.6 Å². The van der Waals surface area contributed by atoms with Crippen molar-refractivity contribution in [2.45, 2.75) is 31.7 Å². The number of hydrogen-bond acceptors (Lipinski definition) is 4. The summed E-state index contributed by atoms with van der Waals surface area (Å²) in [6, 6.07) is 13.1. The second kappa shape index (κ2) is 9.82. The lowest BCUT2D eigenvalue weighted by Crippen LogP contribution is -2.44. The number of methoxy groups -OCH3 is 2. The van der Waals surface area contributed by atoms with Crippen LogP contribution in [-0.2, 0) is 4.79 Å². The molecule has 0 bridgehead atoms. The number of nitrogens with zero attached hydrogens (tertiary/aromatic N) is 2. The number of hydrogen-bond donors (Lipinski definition) is 0. The number of carbonyl (C=O) groups excluding carboxylic acids is 2. The Kier molecular flexibility index (Phi) is 6.89. The van der Waals surface area contributed by atoms with Crippen LogP contribution in [0.2, 0.25) is 5.02 Å². The van der Waals surface area contributed by atoms with Gasteiger partial charge in [-0.15, -0.1) is 0 Å². The lowest BCUT2D eigenvalue weighted by atomic mass is 9.93. The van der Waals surface area contributed by atoms with Crippen LogP contribution >= 0.6 is 11.6 Å². The third-order valence-corrected chi connectivity index (χ3v) is 6.77. The molecular formula is C25H29ClN2O4. The number of halogens is 1. The molecule has 2 heterocycles. The zero-order chi connectivity index (χ0) is 22.7. The molecule has 0 spiro atoms. The molecule has 170 valence electrons. The van der Waals surface area contributed by atoms with Crippen molar-refractivity contribution in [3.63, 3.8) is 0 Å². The zero-order valence-electron chi connectivity index (χ0n) is 18.6. The predicted octanol–water partition coefficient (Wildman–Crippen LogP) is 4.57.